The maximum atomic E-state index is 13.1. The zero-order chi connectivity index (χ0) is 23.9. The van der Waals surface area contributed by atoms with Crippen LogP contribution in [0.3, 0.4) is 0 Å². The smallest absolute Gasteiger partial charge is 0.257 e. The van der Waals surface area contributed by atoms with Crippen molar-refractivity contribution >= 4 is 85.5 Å². The molecule has 0 heterocycles. The molecule has 0 bridgehead atoms. The molecule has 0 spiro atoms. The number of benzene rings is 3. The maximum Gasteiger partial charge on any atom is 0.257 e. The fourth-order valence-electron chi connectivity index (χ4n) is 3.55. The average molecular weight is 591 g/mol. The second kappa shape index (κ2) is 9.43. The van der Waals surface area contributed by atoms with Gasteiger partial charge in [0.25, 0.3) is 5.91 Å². The topological polar surface area (TPSA) is 58.2 Å². The van der Waals surface area contributed by atoms with E-state index < -0.39 is 21.4 Å². The van der Waals surface area contributed by atoms with E-state index in [9.17, 15) is 14.0 Å². The zero-order valence-electron chi connectivity index (χ0n) is 16.5. The van der Waals surface area contributed by atoms with E-state index in [1.807, 2.05) is 0 Å². The van der Waals surface area contributed by atoms with Crippen LogP contribution in [0.4, 0.5) is 15.8 Å². The Balaban J connectivity index is 1.50. The normalized spacial score (nSPS) is 21.4. The summed E-state index contributed by atoms with van der Waals surface area (Å²) in [7, 11) is 0. The summed E-state index contributed by atoms with van der Waals surface area (Å²) in [6.45, 7) is 0. The largest absolute Gasteiger partial charge is 0.326 e. The van der Waals surface area contributed by atoms with Crippen molar-refractivity contribution in [3.63, 3.8) is 0 Å². The molecule has 1 aliphatic rings. The molecule has 33 heavy (non-hydrogen) atoms. The van der Waals surface area contributed by atoms with Crippen LogP contribution in [-0.4, -0.2) is 15.6 Å². The van der Waals surface area contributed by atoms with Crippen molar-refractivity contribution in [1.82, 2.24) is 0 Å². The number of nitrogens with one attached hydrogen (secondary N) is 2. The Hall–Kier alpha value is -1.83. The highest BCUT2D eigenvalue weighted by molar-refractivity contribution is 9.10. The van der Waals surface area contributed by atoms with E-state index in [2.05, 4.69) is 26.6 Å². The first-order valence-electron chi connectivity index (χ1n) is 9.57. The molecule has 0 aliphatic heterocycles. The second-order valence-electron chi connectivity index (χ2n) is 7.48. The Morgan fingerprint density at radius 1 is 0.879 bits per heavy atom. The van der Waals surface area contributed by atoms with Crippen LogP contribution in [0, 0.1) is 11.7 Å². The average Bonchev–Trinajstić information content (AvgIpc) is 3.32. The van der Waals surface area contributed by atoms with Crippen molar-refractivity contribution in [3.05, 3.63) is 92.7 Å². The quantitative estimate of drug-likeness (QED) is 0.299. The number of carbonyl (C=O) groups is 2. The molecule has 0 aromatic heterocycles. The van der Waals surface area contributed by atoms with E-state index in [1.54, 1.807) is 24.3 Å². The lowest BCUT2D eigenvalue weighted by Gasteiger charge is -2.10. The van der Waals surface area contributed by atoms with Gasteiger partial charge in [0, 0.05) is 27.3 Å². The van der Waals surface area contributed by atoms with E-state index in [-0.39, 0.29) is 22.4 Å². The van der Waals surface area contributed by atoms with Crippen molar-refractivity contribution in [2.75, 3.05) is 10.6 Å². The van der Waals surface area contributed by atoms with Crippen molar-refractivity contribution in [3.8, 4) is 0 Å². The molecule has 1 aliphatic carbocycles. The van der Waals surface area contributed by atoms with Crippen LogP contribution in [0.1, 0.15) is 21.8 Å². The number of carbonyl (C=O) groups excluding carboxylic acids is 2. The number of alkyl halides is 2. The molecule has 1 fully saturated rings. The first kappa shape index (κ1) is 24.3. The number of halogens is 6. The van der Waals surface area contributed by atoms with Gasteiger partial charge in [0.15, 0.2) is 0 Å². The Labute approximate surface area is 217 Å². The Morgan fingerprint density at radius 2 is 1.48 bits per heavy atom. The molecule has 3 aromatic rings. The lowest BCUT2D eigenvalue weighted by molar-refractivity contribution is -0.117. The molecule has 3 aromatic carbocycles. The summed E-state index contributed by atoms with van der Waals surface area (Å²) < 4.78 is 12.1. The Kier molecular flexibility index (Phi) is 6.95. The van der Waals surface area contributed by atoms with Crippen LogP contribution in [0.15, 0.2) is 60.7 Å². The second-order valence-corrected chi connectivity index (χ2v) is 11.2. The van der Waals surface area contributed by atoms with Gasteiger partial charge in [0.2, 0.25) is 5.91 Å². The minimum atomic E-state index is -1.000. The first-order chi connectivity index (χ1) is 15.6. The van der Waals surface area contributed by atoms with Gasteiger partial charge in [-0.15, -0.1) is 11.6 Å². The van der Waals surface area contributed by atoms with E-state index in [0.29, 0.717) is 21.4 Å². The summed E-state index contributed by atoms with van der Waals surface area (Å²) in [4.78, 5) is 25.6. The molecule has 1 saturated carbocycles. The van der Waals surface area contributed by atoms with Crippen molar-refractivity contribution in [1.29, 1.82) is 0 Å². The molecular formula is C23H14BrCl4FN2O2. The number of hydrogen-bond donors (Lipinski definition) is 2. The highest BCUT2D eigenvalue weighted by atomic mass is 79.9. The molecule has 4 rings (SSSR count). The van der Waals surface area contributed by atoms with Gasteiger partial charge in [0.1, 0.15) is 9.60 Å². The molecule has 10 heteroatoms. The highest BCUT2D eigenvalue weighted by Crippen LogP contribution is 2.66. The van der Waals surface area contributed by atoms with Crippen molar-refractivity contribution in [2.24, 2.45) is 5.92 Å². The monoisotopic (exact) mass is 588 g/mol. The van der Waals surface area contributed by atoms with E-state index in [0.717, 1.165) is 5.56 Å². The SMILES string of the molecule is O=C(Nc1ccc(F)cc1)c1cc(NC(=O)[C@H]2[C@H](c3cc(Cl)cc(Cl)c3)C2(Cl)Br)ccc1Cl. The predicted molar refractivity (Wildman–Crippen MR) is 135 cm³/mol. The standard InChI is InChI=1S/C23H14BrCl4FN2O2/c24-23(28)19(11-7-12(25)9-13(26)8-11)20(23)22(33)31-16-5-6-18(27)17(10-16)21(32)30-15-3-1-14(29)2-4-15/h1-10,19-20H,(H,30,32)(H,31,33)/t19-,20+,23?/m0/s1. The van der Waals surface area contributed by atoms with Crippen LogP contribution >= 0.6 is 62.3 Å². The Bertz CT molecular complexity index is 1230. The van der Waals surface area contributed by atoms with Crippen molar-refractivity contribution in [2.45, 2.75) is 9.70 Å². The van der Waals surface area contributed by atoms with Crippen molar-refractivity contribution < 1.29 is 14.0 Å². The number of hydrogen-bond acceptors (Lipinski definition) is 2. The molecule has 3 atom stereocenters. The molecule has 1 unspecified atom stereocenters. The maximum absolute atomic E-state index is 13.1. The third-order valence-electron chi connectivity index (χ3n) is 5.16. The lowest BCUT2D eigenvalue weighted by Crippen LogP contribution is -2.18. The lowest BCUT2D eigenvalue weighted by atomic mass is 10.1. The number of amides is 2. The molecule has 0 radical (unpaired) electrons. The number of rotatable bonds is 5. The first-order valence-corrected chi connectivity index (χ1v) is 11.9. The van der Waals surface area contributed by atoms with Gasteiger partial charge in [-0.3, -0.25) is 9.59 Å². The number of anilines is 2. The zero-order valence-corrected chi connectivity index (χ0v) is 21.1. The van der Waals surface area contributed by atoms with Crippen LogP contribution < -0.4 is 10.6 Å². The van der Waals surface area contributed by atoms with Gasteiger partial charge < -0.3 is 10.6 Å². The minimum Gasteiger partial charge on any atom is -0.326 e. The van der Waals surface area contributed by atoms with Crippen LogP contribution in [0.25, 0.3) is 0 Å². The Morgan fingerprint density at radius 3 is 2.12 bits per heavy atom. The van der Waals surface area contributed by atoms with Gasteiger partial charge in [-0.1, -0.05) is 50.7 Å². The predicted octanol–water partition coefficient (Wildman–Crippen LogP) is 7.72. The summed E-state index contributed by atoms with van der Waals surface area (Å²) in [5.74, 6) is -2.25. The van der Waals surface area contributed by atoms with Gasteiger partial charge in [0.05, 0.1) is 16.5 Å². The van der Waals surface area contributed by atoms with Crippen LogP contribution in [0.5, 0.6) is 0 Å². The fraction of sp³-hybridized carbons (Fsp3) is 0.130. The van der Waals surface area contributed by atoms with Crippen LogP contribution in [-0.2, 0) is 4.79 Å². The third-order valence-corrected chi connectivity index (χ3v) is 7.38. The van der Waals surface area contributed by atoms with Gasteiger partial charge >= 0.3 is 0 Å². The summed E-state index contributed by atoms with van der Waals surface area (Å²) >= 11 is 28.3. The van der Waals surface area contributed by atoms with Gasteiger partial charge in [-0.25, -0.2) is 4.39 Å². The van der Waals surface area contributed by atoms with E-state index in [4.69, 9.17) is 46.4 Å². The van der Waals surface area contributed by atoms with E-state index >= 15 is 0 Å². The minimum absolute atomic E-state index is 0.142. The highest BCUT2D eigenvalue weighted by Gasteiger charge is 2.67. The molecule has 2 N–H and O–H groups in total. The summed E-state index contributed by atoms with van der Waals surface area (Å²) in [5, 5.41) is 6.49. The van der Waals surface area contributed by atoms with E-state index in [1.165, 1.54) is 36.4 Å². The van der Waals surface area contributed by atoms with Gasteiger partial charge in [-0.05, 0) is 66.2 Å². The molecule has 2 amide bonds. The van der Waals surface area contributed by atoms with Gasteiger partial charge in [-0.2, -0.15) is 0 Å². The summed E-state index contributed by atoms with van der Waals surface area (Å²) in [6, 6.07) is 14.9. The molecule has 4 nitrogen and oxygen atoms in total. The summed E-state index contributed by atoms with van der Waals surface area (Å²) in [6.07, 6.45) is 0. The molecular weight excluding hydrogens is 577 g/mol. The summed E-state index contributed by atoms with van der Waals surface area (Å²) in [5.41, 5.74) is 1.64. The van der Waals surface area contributed by atoms with Crippen LogP contribution in [0.2, 0.25) is 15.1 Å². The fourth-order valence-corrected chi connectivity index (χ4v) is 5.58. The molecule has 0 saturated heterocycles. The molecule has 170 valence electrons. The third kappa shape index (κ3) is 5.31.